The highest BCUT2D eigenvalue weighted by molar-refractivity contribution is 6.00. The minimum atomic E-state index is -0.496. The van der Waals surface area contributed by atoms with Gasteiger partial charge in [-0.25, -0.2) is 0 Å². The highest BCUT2D eigenvalue weighted by atomic mass is 16.5. The Morgan fingerprint density at radius 1 is 1.11 bits per heavy atom. The van der Waals surface area contributed by atoms with E-state index in [1.165, 1.54) is 33.3 Å². The van der Waals surface area contributed by atoms with Gasteiger partial charge in [-0.2, -0.15) is 0 Å². The van der Waals surface area contributed by atoms with Crippen LogP contribution < -0.4 is 9.47 Å². The summed E-state index contributed by atoms with van der Waals surface area (Å²) in [5, 5.41) is 0. The number of rotatable bonds is 5. The average Bonchev–Trinajstić information content (AvgIpc) is 2.44. The predicted molar refractivity (Wildman–Crippen MR) is 68.5 cm³/mol. The number of methoxy groups -OCH3 is 3. The van der Waals surface area contributed by atoms with Gasteiger partial charge in [0.05, 0.1) is 21.3 Å². The molecule has 1 aromatic carbocycles. The number of hydrogen-bond acceptors (Lipinski definition) is 5. The fraction of sp³-hybridized carbons (Fsp3) is 0.385. The normalized spacial score (nSPS) is 9.68. The molecule has 1 amide bonds. The molecule has 19 heavy (non-hydrogen) atoms. The van der Waals surface area contributed by atoms with E-state index in [0.29, 0.717) is 11.5 Å². The molecule has 0 aliphatic carbocycles. The average molecular weight is 267 g/mol. The van der Waals surface area contributed by atoms with Crippen LogP contribution in [0.25, 0.3) is 0 Å². The standard InChI is InChI=1S/C13H17NO5/c1-14(8-11(15)19-4)13(16)12-9(17-2)6-5-7-10(12)18-3/h5-7H,8H2,1-4H3. The predicted octanol–water partition coefficient (Wildman–Crippen LogP) is 0.949. The van der Waals surface area contributed by atoms with Crippen molar-refractivity contribution in [3.63, 3.8) is 0 Å². The fourth-order valence-electron chi connectivity index (χ4n) is 1.58. The van der Waals surface area contributed by atoms with E-state index in [9.17, 15) is 9.59 Å². The van der Waals surface area contributed by atoms with Crippen molar-refractivity contribution >= 4 is 11.9 Å². The van der Waals surface area contributed by atoms with Crippen LogP contribution in [0.4, 0.5) is 0 Å². The lowest BCUT2D eigenvalue weighted by Crippen LogP contribution is -2.33. The van der Waals surface area contributed by atoms with E-state index in [-0.39, 0.29) is 18.0 Å². The molecule has 104 valence electrons. The van der Waals surface area contributed by atoms with Gasteiger partial charge in [0, 0.05) is 7.05 Å². The molecule has 0 saturated heterocycles. The Morgan fingerprint density at radius 2 is 1.63 bits per heavy atom. The highest BCUT2D eigenvalue weighted by Crippen LogP contribution is 2.29. The van der Waals surface area contributed by atoms with Gasteiger partial charge in [0.1, 0.15) is 23.6 Å². The molecule has 0 N–H and O–H groups in total. The van der Waals surface area contributed by atoms with Gasteiger partial charge >= 0.3 is 5.97 Å². The van der Waals surface area contributed by atoms with Crippen LogP contribution in [0.3, 0.4) is 0 Å². The van der Waals surface area contributed by atoms with E-state index in [4.69, 9.17) is 9.47 Å². The van der Waals surface area contributed by atoms with Crippen LogP contribution in [0.5, 0.6) is 11.5 Å². The first-order chi connectivity index (χ1) is 9.04. The summed E-state index contributed by atoms with van der Waals surface area (Å²) >= 11 is 0. The van der Waals surface area contributed by atoms with Gasteiger partial charge in [0.25, 0.3) is 5.91 Å². The van der Waals surface area contributed by atoms with Crippen molar-refractivity contribution in [2.24, 2.45) is 0 Å². The molecule has 1 rings (SSSR count). The van der Waals surface area contributed by atoms with Crippen LogP contribution in [-0.2, 0) is 9.53 Å². The van der Waals surface area contributed by atoms with Crippen molar-refractivity contribution in [1.29, 1.82) is 0 Å². The second-order valence-corrected chi connectivity index (χ2v) is 3.77. The van der Waals surface area contributed by atoms with Crippen molar-refractivity contribution in [2.45, 2.75) is 0 Å². The topological polar surface area (TPSA) is 65.1 Å². The molecule has 0 unspecified atom stereocenters. The number of benzene rings is 1. The van der Waals surface area contributed by atoms with Gasteiger partial charge in [-0.05, 0) is 12.1 Å². The zero-order valence-electron chi connectivity index (χ0n) is 11.4. The van der Waals surface area contributed by atoms with Crippen LogP contribution in [0.1, 0.15) is 10.4 Å². The Kier molecular flexibility index (Phi) is 5.17. The molecule has 1 aromatic rings. The maximum Gasteiger partial charge on any atom is 0.325 e. The van der Waals surface area contributed by atoms with Gasteiger partial charge in [-0.3, -0.25) is 9.59 Å². The number of nitrogens with zero attached hydrogens (tertiary/aromatic N) is 1. The first kappa shape index (κ1) is 14.8. The second kappa shape index (κ2) is 6.63. The summed E-state index contributed by atoms with van der Waals surface area (Å²) in [7, 11) is 5.70. The third-order valence-electron chi connectivity index (χ3n) is 2.58. The van der Waals surface area contributed by atoms with Crippen LogP contribution in [0, 0.1) is 0 Å². The zero-order valence-corrected chi connectivity index (χ0v) is 11.4. The molecule has 0 atom stereocenters. The molecule has 0 heterocycles. The first-order valence-electron chi connectivity index (χ1n) is 5.58. The smallest absolute Gasteiger partial charge is 0.325 e. The number of likely N-dealkylation sites (N-methyl/N-ethyl adjacent to an activating group) is 1. The molecule has 0 aliphatic rings. The quantitative estimate of drug-likeness (QED) is 0.743. The lowest BCUT2D eigenvalue weighted by Gasteiger charge is -2.19. The Hall–Kier alpha value is -2.24. The summed E-state index contributed by atoms with van der Waals surface area (Å²) in [4.78, 5) is 24.7. The molecule has 0 aromatic heterocycles. The summed E-state index contributed by atoms with van der Waals surface area (Å²) in [5.74, 6) is -0.0912. The summed E-state index contributed by atoms with van der Waals surface area (Å²) in [6.45, 7) is -0.142. The number of carbonyl (C=O) groups excluding carboxylic acids is 2. The fourth-order valence-corrected chi connectivity index (χ4v) is 1.58. The van der Waals surface area contributed by atoms with Crippen LogP contribution in [0.2, 0.25) is 0 Å². The van der Waals surface area contributed by atoms with Crippen molar-refractivity contribution in [3.05, 3.63) is 23.8 Å². The number of amides is 1. The van der Waals surface area contributed by atoms with Gasteiger partial charge < -0.3 is 19.1 Å². The van der Waals surface area contributed by atoms with Gasteiger partial charge in [0.15, 0.2) is 0 Å². The Morgan fingerprint density at radius 3 is 2.05 bits per heavy atom. The van der Waals surface area contributed by atoms with Crippen LogP contribution >= 0.6 is 0 Å². The molecule has 6 nitrogen and oxygen atoms in total. The van der Waals surface area contributed by atoms with Crippen molar-refractivity contribution < 1.29 is 23.8 Å². The van der Waals surface area contributed by atoms with Crippen LogP contribution in [0.15, 0.2) is 18.2 Å². The van der Waals surface area contributed by atoms with Gasteiger partial charge in [-0.1, -0.05) is 6.07 Å². The molecule has 6 heteroatoms. The second-order valence-electron chi connectivity index (χ2n) is 3.77. The number of ether oxygens (including phenoxy) is 3. The minimum absolute atomic E-state index is 0.142. The largest absolute Gasteiger partial charge is 0.496 e. The van der Waals surface area contributed by atoms with E-state index >= 15 is 0 Å². The third-order valence-corrected chi connectivity index (χ3v) is 2.58. The molecule has 0 aliphatic heterocycles. The summed E-state index contributed by atoms with van der Waals surface area (Å²) in [6, 6.07) is 5.03. The van der Waals surface area contributed by atoms with Gasteiger partial charge in [0.2, 0.25) is 0 Å². The van der Waals surface area contributed by atoms with E-state index in [2.05, 4.69) is 4.74 Å². The van der Waals surface area contributed by atoms with Crippen LogP contribution in [-0.4, -0.2) is 51.7 Å². The first-order valence-corrected chi connectivity index (χ1v) is 5.58. The molecule has 0 saturated carbocycles. The number of esters is 1. The third kappa shape index (κ3) is 3.37. The highest BCUT2D eigenvalue weighted by Gasteiger charge is 2.23. The summed E-state index contributed by atoms with van der Waals surface area (Å²) in [6.07, 6.45) is 0. The van der Waals surface area contributed by atoms with E-state index in [0.717, 1.165) is 0 Å². The molecule has 0 radical (unpaired) electrons. The molecular formula is C13H17NO5. The lowest BCUT2D eigenvalue weighted by molar-refractivity contribution is -0.141. The Labute approximate surface area is 111 Å². The van der Waals surface area contributed by atoms with Crippen molar-refractivity contribution in [1.82, 2.24) is 4.90 Å². The van der Waals surface area contributed by atoms with E-state index in [1.807, 2.05) is 0 Å². The molecule has 0 bridgehead atoms. The minimum Gasteiger partial charge on any atom is -0.496 e. The lowest BCUT2D eigenvalue weighted by atomic mass is 10.1. The zero-order chi connectivity index (χ0) is 14.4. The maximum atomic E-state index is 12.3. The summed E-state index contributed by atoms with van der Waals surface area (Å²) < 4.78 is 14.8. The Balaban J connectivity index is 3.07. The molecular weight excluding hydrogens is 250 g/mol. The number of carbonyl (C=O) groups is 2. The molecule has 0 fully saturated rings. The monoisotopic (exact) mass is 267 g/mol. The van der Waals surface area contributed by atoms with Crippen molar-refractivity contribution in [2.75, 3.05) is 34.9 Å². The maximum absolute atomic E-state index is 12.3. The van der Waals surface area contributed by atoms with E-state index < -0.39 is 5.97 Å². The van der Waals surface area contributed by atoms with E-state index in [1.54, 1.807) is 18.2 Å². The SMILES string of the molecule is COC(=O)CN(C)C(=O)c1c(OC)cccc1OC. The molecule has 0 spiro atoms. The van der Waals surface area contributed by atoms with Crippen molar-refractivity contribution in [3.8, 4) is 11.5 Å². The Bertz CT molecular complexity index is 450. The number of hydrogen-bond donors (Lipinski definition) is 0. The van der Waals surface area contributed by atoms with Gasteiger partial charge in [-0.15, -0.1) is 0 Å². The summed E-state index contributed by atoms with van der Waals surface area (Å²) in [5.41, 5.74) is 0.277.